The van der Waals surface area contributed by atoms with Gasteiger partial charge in [0.05, 0.1) is 5.92 Å². The second-order valence-corrected chi connectivity index (χ2v) is 7.45. The molecule has 23 heavy (non-hydrogen) atoms. The summed E-state index contributed by atoms with van der Waals surface area (Å²) in [7, 11) is 0. The van der Waals surface area contributed by atoms with Gasteiger partial charge in [0.1, 0.15) is 0 Å². The number of carbonyl (C=O) groups excluding carboxylic acids is 1. The molecule has 0 fully saturated rings. The van der Waals surface area contributed by atoms with Crippen LogP contribution >= 0.6 is 11.3 Å². The Morgan fingerprint density at radius 3 is 3.09 bits per heavy atom. The summed E-state index contributed by atoms with van der Waals surface area (Å²) < 4.78 is 0. The van der Waals surface area contributed by atoms with Gasteiger partial charge in [-0.05, 0) is 60.4 Å². The number of amides is 1. The largest absolute Gasteiger partial charge is 0.354 e. The third-order valence-electron chi connectivity index (χ3n) is 5.06. The molecule has 0 saturated heterocycles. The lowest BCUT2D eigenvalue weighted by atomic mass is 9.87. The summed E-state index contributed by atoms with van der Waals surface area (Å²) in [6.45, 7) is 1.65. The maximum Gasteiger partial charge on any atom is 0.227 e. The number of hydrogen-bond acceptors (Lipinski definition) is 3. The van der Waals surface area contributed by atoms with Crippen molar-refractivity contribution in [2.45, 2.75) is 37.6 Å². The standard InChI is InChI=1S/C19H22N2OS/c22-19(16-6-3-7-18-15(16)9-11-23-18)21-12-17-14-5-2-1-4-13(14)8-10-20-17/h1-2,4-5,9,11,16-17,20H,3,6-8,10,12H2,(H,21,22). The lowest BCUT2D eigenvalue weighted by Gasteiger charge is -2.28. The first-order chi connectivity index (χ1) is 11.3. The fraction of sp³-hybridized carbons (Fsp3) is 0.421. The van der Waals surface area contributed by atoms with E-state index in [4.69, 9.17) is 0 Å². The lowest BCUT2D eigenvalue weighted by molar-refractivity contribution is -0.123. The van der Waals surface area contributed by atoms with E-state index in [1.54, 1.807) is 11.3 Å². The van der Waals surface area contributed by atoms with E-state index in [0.717, 1.165) is 32.2 Å². The average Bonchev–Trinajstić information content (AvgIpc) is 3.08. The van der Waals surface area contributed by atoms with E-state index < -0.39 is 0 Å². The average molecular weight is 326 g/mol. The van der Waals surface area contributed by atoms with Crippen LogP contribution in [-0.4, -0.2) is 19.0 Å². The van der Waals surface area contributed by atoms with Gasteiger partial charge < -0.3 is 10.6 Å². The van der Waals surface area contributed by atoms with Gasteiger partial charge in [-0.2, -0.15) is 0 Å². The van der Waals surface area contributed by atoms with Gasteiger partial charge in [0.25, 0.3) is 0 Å². The first kappa shape index (κ1) is 14.9. The van der Waals surface area contributed by atoms with Gasteiger partial charge in [0, 0.05) is 17.5 Å². The number of benzene rings is 1. The number of nitrogens with one attached hydrogen (secondary N) is 2. The number of thiophene rings is 1. The molecule has 0 saturated carbocycles. The summed E-state index contributed by atoms with van der Waals surface area (Å²) in [5.74, 6) is 0.234. The topological polar surface area (TPSA) is 41.1 Å². The second-order valence-electron chi connectivity index (χ2n) is 6.44. The van der Waals surface area contributed by atoms with E-state index in [9.17, 15) is 4.79 Å². The molecule has 1 amide bonds. The van der Waals surface area contributed by atoms with Crippen LogP contribution in [0.5, 0.6) is 0 Å². The maximum atomic E-state index is 12.7. The molecule has 3 nitrogen and oxygen atoms in total. The quantitative estimate of drug-likeness (QED) is 0.909. The van der Waals surface area contributed by atoms with Gasteiger partial charge in [-0.1, -0.05) is 24.3 Å². The normalized spacial score (nSPS) is 23.0. The summed E-state index contributed by atoms with van der Waals surface area (Å²) in [5, 5.41) is 8.85. The van der Waals surface area contributed by atoms with Crippen LogP contribution < -0.4 is 10.6 Å². The summed E-state index contributed by atoms with van der Waals surface area (Å²) in [4.78, 5) is 14.1. The van der Waals surface area contributed by atoms with Gasteiger partial charge >= 0.3 is 0 Å². The summed E-state index contributed by atoms with van der Waals surface area (Å²) in [6, 6.07) is 10.9. The van der Waals surface area contributed by atoms with E-state index in [0.29, 0.717) is 6.54 Å². The van der Waals surface area contributed by atoms with Gasteiger partial charge in [-0.25, -0.2) is 0 Å². The smallest absolute Gasteiger partial charge is 0.227 e. The fourth-order valence-corrected chi connectivity index (χ4v) is 4.85. The molecule has 1 aliphatic carbocycles. The van der Waals surface area contributed by atoms with Crippen molar-refractivity contribution >= 4 is 17.2 Å². The molecular weight excluding hydrogens is 304 g/mol. The molecule has 0 bridgehead atoms. The Hall–Kier alpha value is -1.65. The van der Waals surface area contributed by atoms with Crippen LogP contribution in [0.3, 0.4) is 0 Å². The van der Waals surface area contributed by atoms with Crippen LogP contribution in [0.15, 0.2) is 35.7 Å². The lowest BCUT2D eigenvalue weighted by Crippen LogP contribution is -2.40. The molecule has 4 heteroatoms. The number of carbonyl (C=O) groups is 1. The molecule has 2 N–H and O–H groups in total. The van der Waals surface area contributed by atoms with Gasteiger partial charge in [0.15, 0.2) is 0 Å². The van der Waals surface area contributed by atoms with Gasteiger partial charge in [-0.3, -0.25) is 4.79 Å². The van der Waals surface area contributed by atoms with Crippen LogP contribution in [0.25, 0.3) is 0 Å². The third kappa shape index (κ3) is 2.93. The van der Waals surface area contributed by atoms with Crippen LogP contribution in [0.2, 0.25) is 0 Å². The molecule has 4 rings (SSSR count). The van der Waals surface area contributed by atoms with E-state index in [-0.39, 0.29) is 17.9 Å². The zero-order valence-corrected chi connectivity index (χ0v) is 14.0. The highest BCUT2D eigenvalue weighted by Crippen LogP contribution is 2.35. The molecule has 2 unspecified atom stereocenters. The molecule has 120 valence electrons. The first-order valence-corrected chi connectivity index (χ1v) is 9.36. The Balaban J connectivity index is 1.44. The van der Waals surface area contributed by atoms with Crippen LogP contribution in [0.1, 0.15) is 46.4 Å². The zero-order valence-electron chi connectivity index (χ0n) is 13.2. The van der Waals surface area contributed by atoms with Crippen molar-refractivity contribution in [1.82, 2.24) is 10.6 Å². The first-order valence-electron chi connectivity index (χ1n) is 8.48. The molecular formula is C19H22N2OS. The minimum atomic E-state index is 0.0452. The Morgan fingerprint density at radius 2 is 2.13 bits per heavy atom. The molecule has 0 radical (unpaired) electrons. The number of fused-ring (bicyclic) bond motifs is 2. The summed E-state index contributed by atoms with van der Waals surface area (Å²) in [6.07, 6.45) is 4.30. The summed E-state index contributed by atoms with van der Waals surface area (Å²) in [5.41, 5.74) is 4.00. The highest BCUT2D eigenvalue weighted by Gasteiger charge is 2.28. The Kier molecular flexibility index (Phi) is 4.19. The van der Waals surface area contributed by atoms with Crippen molar-refractivity contribution in [2.24, 2.45) is 0 Å². The highest BCUT2D eigenvalue weighted by molar-refractivity contribution is 7.10. The number of aryl methyl sites for hydroxylation is 1. The van der Waals surface area contributed by atoms with E-state index in [1.165, 1.54) is 21.6 Å². The molecule has 2 aromatic rings. The molecule has 1 aromatic carbocycles. The van der Waals surface area contributed by atoms with Crippen molar-refractivity contribution in [2.75, 3.05) is 13.1 Å². The van der Waals surface area contributed by atoms with Crippen LogP contribution in [0.4, 0.5) is 0 Å². The molecule has 1 aromatic heterocycles. The highest BCUT2D eigenvalue weighted by atomic mass is 32.1. The molecule has 2 aliphatic rings. The van der Waals surface area contributed by atoms with Crippen LogP contribution in [-0.2, 0) is 17.6 Å². The van der Waals surface area contributed by atoms with E-state index in [2.05, 4.69) is 46.3 Å². The summed E-state index contributed by atoms with van der Waals surface area (Å²) >= 11 is 1.79. The fourth-order valence-electron chi connectivity index (χ4n) is 3.86. The van der Waals surface area contributed by atoms with Crippen molar-refractivity contribution in [3.63, 3.8) is 0 Å². The van der Waals surface area contributed by atoms with Crippen molar-refractivity contribution in [3.8, 4) is 0 Å². The van der Waals surface area contributed by atoms with Crippen molar-refractivity contribution in [3.05, 3.63) is 57.3 Å². The number of rotatable bonds is 3. The van der Waals surface area contributed by atoms with E-state index >= 15 is 0 Å². The second kappa shape index (κ2) is 6.46. The van der Waals surface area contributed by atoms with Crippen molar-refractivity contribution in [1.29, 1.82) is 0 Å². The maximum absolute atomic E-state index is 12.7. The van der Waals surface area contributed by atoms with E-state index in [1.807, 2.05) is 0 Å². The monoisotopic (exact) mass is 326 g/mol. The minimum Gasteiger partial charge on any atom is -0.354 e. The van der Waals surface area contributed by atoms with Gasteiger partial charge in [-0.15, -0.1) is 11.3 Å². The molecule has 2 atom stereocenters. The predicted octanol–water partition coefficient (Wildman–Crippen LogP) is 3.17. The zero-order chi connectivity index (χ0) is 15.6. The Bertz CT molecular complexity index is 709. The minimum absolute atomic E-state index is 0.0452. The molecule has 0 spiro atoms. The van der Waals surface area contributed by atoms with Crippen molar-refractivity contribution < 1.29 is 4.79 Å². The predicted molar refractivity (Wildman–Crippen MR) is 93.9 cm³/mol. The molecule has 2 heterocycles. The van der Waals surface area contributed by atoms with Gasteiger partial charge in [0.2, 0.25) is 5.91 Å². The third-order valence-corrected chi connectivity index (χ3v) is 6.06. The molecule has 1 aliphatic heterocycles. The number of hydrogen-bond donors (Lipinski definition) is 2. The SMILES string of the molecule is O=C(NCC1NCCc2ccccc21)C1CCCc2sccc21. The van der Waals surface area contributed by atoms with Crippen LogP contribution in [0, 0.1) is 0 Å². The Labute approximate surface area is 141 Å². The Morgan fingerprint density at radius 1 is 1.22 bits per heavy atom.